The van der Waals surface area contributed by atoms with Crippen LogP contribution in [-0.2, 0) is 4.74 Å². The molecular weight excluding hydrogens is 501 g/mol. The van der Waals surface area contributed by atoms with Crippen LogP contribution in [0.15, 0.2) is 36.7 Å². The molecule has 2 aromatic carbocycles. The quantitative estimate of drug-likeness (QED) is 0.245. The number of benzene rings is 2. The van der Waals surface area contributed by atoms with Crippen LogP contribution in [0.2, 0.25) is 5.02 Å². The number of nitrogens with one attached hydrogen (secondary N) is 1. The SMILES string of the molecule is CC(C)(C)OC(=O)N1CCC[C@]1(C)C#Cc1cc2ncnc(Nc3cccc(Cl)c3F)c2cc1[N+](=O)[O-]. The van der Waals surface area contributed by atoms with E-state index in [2.05, 4.69) is 27.1 Å². The van der Waals surface area contributed by atoms with E-state index < -0.39 is 28.0 Å². The van der Waals surface area contributed by atoms with Gasteiger partial charge in [-0.1, -0.05) is 29.5 Å². The molecule has 0 radical (unpaired) electrons. The zero-order chi connectivity index (χ0) is 27.0. The second kappa shape index (κ2) is 9.82. The third kappa shape index (κ3) is 5.57. The summed E-state index contributed by atoms with van der Waals surface area (Å²) in [5, 5.41) is 15.0. The molecule has 11 heteroatoms. The molecule has 4 rings (SSSR count). The second-order valence-corrected chi connectivity index (χ2v) is 10.3. The summed E-state index contributed by atoms with van der Waals surface area (Å²) in [6, 6.07) is 7.23. The fraction of sp³-hybridized carbons (Fsp3) is 0.346. The van der Waals surface area contributed by atoms with Crippen LogP contribution in [0.5, 0.6) is 0 Å². The summed E-state index contributed by atoms with van der Waals surface area (Å²) in [6.45, 7) is 7.65. The van der Waals surface area contributed by atoms with Gasteiger partial charge in [0.1, 0.15) is 28.8 Å². The Morgan fingerprint density at radius 1 is 1.32 bits per heavy atom. The van der Waals surface area contributed by atoms with Crippen molar-refractivity contribution in [3.05, 3.63) is 63.2 Å². The zero-order valence-corrected chi connectivity index (χ0v) is 21.5. The molecule has 1 fully saturated rings. The van der Waals surface area contributed by atoms with E-state index >= 15 is 0 Å². The van der Waals surface area contributed by atoms with Gasteiger partial charge in [-0.3, -0.25) is 15.0 Å². The molecule has 37 heavy (non-hydrogen) atoms. The van der Waals surface area contributed by atoms with Crippen molar-refractivity contribution in [3.63, 3.8) is 0 Å². The second-order valence-electron chi connectivity index (χ2n) is 9.85. The van der Waals surface area contributed by atoms with E-state index in [0.717, 1.165) is 6.42 Å². The average molecular weight is 526 g/mol. The first-order valence-corrected chi connectivity index (χ1v) is 11.9. The highest BCUT2D eigenvalue weighted by molar-refractivity contribution is 6.31. The van der Waals surface area contributed by atoms with Gasteiger partial charge in [0.25, 0.3) is 5.69 Å². The predicted octanol–water partition coefficient (Wildman–Crippen LogP) is 6.22. The first kappa shape index (κ1) is 26.1. The van der Waals surface area contributed by atoms with E-state index in [1.807, 2.05) is 6.92 Å². The summed E-state index contributed by atoms with van der Waals surface area (Å²) in [7, 11) is 0. The number of fused-ring (bicyclic) bond motifs is 1. The monoisotopic (exact) mass is 525 g/mol. The van der Waals surface area contributed by atoms with Gasteiger partial charge in [-0.2, -0.15) is 0 Å². The number of aromatic nitrogens is 2. The van der Waals surface area contributed by atoms with Crippen LogP contribution >= 0.6 is 11.6 Å². The van der Waals surface area contributed by atoms with Crippen molar-refractivity contribution >= 4 is 45.8 Å². The number of nitro benzene ring substituents is 1. The highest BCUT2D eigenvalue weighted by Crippen LogP contribution is 2.33. The lowest BCUT2D eigenvalue weighted by Gasteiger charge is -2.32. The molecule has 3 aromatic rings. The molecule has 1 N–H and O–H groups in total. The first-order valence-electron chi connectivity index (χ1n) is 11.6. The van der Waals surface area contributed by atoms with E-state index in [1.54, 1.807) is 31.7 Å². The molecule has 1 aliphatic heterocycles. The van der Waals surface area contributed by atoms with E-state index in [1.165, 1.54) is 30.6 Å². The Balaban J connectivity index is 1.73. The zero-order valence-electron chi connectivity index (χ0n) is 20.8. The van der Waals surface area contributed by atoms with Crippen LogP contribution in [0.3, 0.4) is 0 Å². The molecule has 2 heterocycles. The van der Waals surface area contributed by atoms with Crippen LogP contribution < -0.4 is 5.32 Å². The number of amides is 1. The van der Waals surface area contributed by atoms with Crippen molar-refractivity contribution < 1.29 is 18.8 Å². The number of carbonyl (C=O) groups excluding carboxylic acids is 1. The summed E-state index contributed by atoms with van der Waals surface area (Å²) < 4.78 is 19.9. The maximum absolute atomic E-state index is 14.4. The summed E-state index contributed by atoms with van der Waals surface area (Å²) in [6.07, 6.45) is 2.11. The molecule has 1 amide bonds. The molecule has 0 spiro atoms. The van der Waals surface area contributed by atoms with Crippen molar-refractivity contribution in [3.8, 4) is 11.8 Å². The first-order chi connectivity index (χ1) is 17.4. The predicted molar refractivity (Wildman–Crippen MR) is 138 cm³/mol. The van der Waals surface area contributed by atoms with Crippen molar-refractivity contribution in [2.45, 2.75) is 51.7 Å². The number of ether oxygens (including phenoxy) is 1. The van der Waals surface area contributed by atoms with Gasteiger partial charge >= 0.3 is 6.09 Å². The van der Waals surface area contributed by atoms with E-state index in [0.29, 0.717) is 23.9 Å². The Bertz CT molecular complexity index is 1460. The maximum atomic E-state index is 14.4. The Morgan fingerprint density at radius 2 is 2.08 bits per heavy atom. The smallest absolute Gasteiger partial charge is 0.411 e. The fourth-order valence-electron chi connectivity index (χ4n) is 4.08. The molecule has 0 bridgehead atoms. The van der Waals surface area contributed by atoms with Gasteiger partial charge in [-0.05, 0) is 58.7 Å². The topological polar surface area (TPSA) is 110 Å². The average Bonchev–Trinajstić information content (AvgIpc) is 3.21. The molecule has 1 aliphatic rings. The molecule has 1 saturated heterocycles. The number of anilines is 2. The van der Waals surface area contributed by atoms with Crippen molar-refractivity contribution in [2.75, 3.05) is 11.9 Å². The Hall–Kier alpha value is -3.97. The molecule has 192 valence electrons. The Morgan fingerprint density at radius 3 is 2.78 bits per heavy atom. The molecular formula is C26H25ClFN5O4. The minimum atomic E-state index is -0.854. The van der Waals surface area contributed by atoms with Crippen LogP contribution in [0, 0.1) is 27.8 Å². The number of likely N-dealkylation sites (tertiary alicyclic amines) is 1. The summed E-state index contributed by atoms with van der Waals surface area (Å²) in [5.41, 5.74) is -1.22. The third-order valence-corrected chi connectivity index (χ3v) is 6.17. The lowest BCUT2D eigenvalue weighted by molar-refractivity contribution is -0.385. The van der Waals surface area contributed by atoms with Gasteiger partial charge in [-0.15, -0.1) is 0 Å². The highest BCUT2D eigenvalue weighted by Gasteiger charge is 2.40. The number of hydrogen-bond acceptors (Lipinski definition) is 7. The van der Waals surface area contributed by atoms with Gasteiger partial charge in [-0.25, -0.2) is 19.2 Å². The fourth-order valence-corrected chi connectivity index (χ4v) is 4.25. The molecule has 0 unspecified atom stereocenters. The van der Waals surface area contributed by atoms with Gasteiger partial charge in [0, 0.05) is 18.0 Å². The molecule has 1 aromatic heterocycles. The highest BCUT2D eigenvalue weighted by atomic mass is 35.5. The van der Waals surface area contributed by atoms with E-state index in [4.69, 9.17) is 16.3 Å². The molecule has 0 saturated carbocycles. The molecule has 1 atom stereocenters. The van der Waals surface area contributed by atoms with Gasteiger partial charge in [0.2, 0.25) is 0 Å². The van der Waals surface area contributed by atoms with Crippen LogP contribution in [0.4, 0.5) is 26.4 Å². The number of hydrogen-bond donors (Lipinski definition) is 1. The number of carbonyl (C=O) groups is 1. The summed E-state index contributed by atoms with van der Waals surface area (Å²) in [4.78, 5) is 34.0. The minimum Gasteiger partial charge on any atom is -0.444 e. The standard InChI is InChI=1S/C26H25ClFN5O4/c1-25(2,3)37-24(34)32-12-6-10-26(32,4)11-9-16-13-20-17(14-21(16)33(35)36)23(30-15-29-20)31-19-8-5-7-18(27)22(19)28/h5,7-8,13-15H,6,10,12H2,1-4H3,(H,29,30,31)/t26-/m1/s1. The van der Waals surface area contributed by atoms with Gasteiger partial charge < -0.3 is 10.1 Å². The lowest BCUT2D eigenvalue weighted by atomic mass is 9.99. The Kier molecular flexibility index (Phi) is 6.93. The van der Waals surface area contributed by atoms with Crippen LogP contribution in [0.1, 0.15) is 46.1 Å². The maximum Gasteiger partial charge on any atom is 0.411 e. The molecule has 9 nitrogen and oxygen atoms in total. The number of halogens is 2. The van der Waals surface area contributed by atoms with Crippen LogP contribution in [0.25, 0.3) is 10.9 Å². The summed E-state index contributed by atoms with van der Waals surface area (Å²) >= 11 is 5.86. The van der Waals surface area contributed by atoms with Crippen molar-refractivity contribution in [1.29, 1.82) is 0 Å². The number of rotatable bonds is 3. The van der Waals surface area contributed by atoms with Crippen LogP contribution in [-0.4, -0.2) is 43.6 Å². The Labute approximate surface area is 218 Å². The minimum absolute atomic E-state index is 0.0652. The van der Waals surface area contributed by atoms with Gasteiger partial charge in [0.15, 0.2) is 5.82 Å². The molecule has 0 aliphatic carbocycles. The summed E-state index contributed by atoms with van der Waals surface area (Å²) in [5.74, 6) is 5.47. The van der Waals surface area contributed by atoms with Crippen molar-refractivity contribution in [2.24, 2.45) is 0 Å². The lowest BCUT2D eigenvalue weighted by Crippen LogP contribution is -2.46. The van der Waals surface area contributed by atoms with Gasteiger partial charge in [0.05, 0.1) is 21.2 Å². The number of nitrogens with zero attached hydrogens (tertiary/aromatic N) is 4. The normalized spacial score (nSPS) is 17.3. The number of nitro groups is 1. The van der Waals surface area contributed by atoms with E-state index in [9.17, 15) is 19.3 Å². The largest absolute Gasteiger partial charge is 0.444 e. The van der Waals surface area contributed by atoms with Crippen molar-refractivity contribution in [1.82, 2.24) is 14.9 Å². The third-order valence-electron chi connectivity index (χ3n) is 5.88. The van der Waals surface area contributed by atoms with E-state index in [-0.39, 0.29) is 27.8 Å².